The number of likely N-dealkylation sites (N-methyl/N-ethyl adjacent to an activating group) is 2. The summed E-state index contributed by atoms with van der Waals surface area (Å²) in [4.78, 5) is 51.8. The van der Waals surface area contributed by atoms with Crippen molar-refractivity contribution in [2.45, 2.75) is 25.9 Å². The second-order valence-electron chi connectivity index (χ2n) is 8.07. The van der Waals surface area contributed by atoms with Gasteiger partial charge in [0.1, 0.15) is 13.2 Å². The molecule has 204 valence electrons. The molecular formula is C28H34N2O8. The van der Waals surface area contributed by atoms with Crippen LogP contribution in [-0.2, 0) is 28.5 Å². The number of amides is 2. The van der Waals surface area contributed by atoms with Crippen LogP contribution in [0.25, 0.3) is 0 Å². The van der Waals surface area contributed by atoms with Gasteiger partial charge in [-0.25, -0.2) is 19.2 Å². The van der Waals surface area contributed by atoms with E-state index in [4.69, 9.17) is 18.9 Å². The molecule has 0 bridgehead atoms. The van der Waals surface area contributed by atoms with Crippen molar-refractivity contribution in [1.82, 2.24) is 9.80 Å². The number of nitrogens with zero attached hydrogens (tertiary/aromatic N) is 2. The van der Waals surface area contributed by atoms with Crippen LogP contribution < -0.4 is 0 Å². The highest BCUT2D eigenvalue weighted by molar-refractivity contribution is 5.91. The SMILES string of the molecule is CCOC(=O)N(C)[C@@H](COC(=O)/C=C/C(=O)OC[C@@H](c1ccccc1)N(C)C(=O)OCC)c1ccccc1. The lowest BCUT2D eigenvalue weighted by Gasteiger charge is -2.27. The first-order valence-electron chi connectivity index (χ1n) is 12.2. The molecule has 10 heteroatoms. The fourth-order valence-corrected chi connectivity index (χ4v) is 3.47. The molecule has 0 unspecified atom stereocenters. The van der Waals surface area contributed by atoms with Gasteiger partial charge in [-0.3, -0.25) is 0 Å². The number of benzene rings is 2. The average molecular weight is 527 g/mol. The molecule has 0 radical (unpaired) electrons. The Kier molecular flexibility index (Phi) is 12.4. The summed E-state index contributed by atoms with van der Waals surface area (Å²) < 4.78 is 20.7. The first-order chi connectivity index (χ1) is 18.3. The van der Waals surface area contributed by atoms with Gasteiger partial charge < -0.3 is 28.7 Å². The van der Waals surface area contributed by atoms with Crippen molar-refractivity contribution in [3.8, 4) is 0 Å². The Morgan fingerprint density at radius 3 is 1.29 bits per heavy atom. The summed E-state index contributed by atoms with van der Waals surface area (Å²) in [5.41, 5.74) is 1.49. The number of esters is 2. The van der Waals surface area contributed by atoms with Crippen molar-refractivity contribution in [3.63, 3.8) is 0 Å². The van der Waals surface area contributed by atoms with Gasteiger partial charge in [-0.15, -0.1) is 0 Å². The van der Waals surface area contributed by atoms with Crippen molar-refractivity contribution in [1.29, 1.82) is 0 Å². The highest BCUT2D eigenvalue weighted by Gasteiger charge is 2.25. The molecule has 0 aliphatic carbocycles. The first kappa shape index (κ1) is 29.9. The molecule has 0 heterocycles. The molecule has 0 N–H and O–H groups in total. The molecule has 0 aliphatic rings. The number of ether oxygens (including phenoxy) is 4. The molecule has 2 amide bonds. The van der Waals surface area contributed by atoms with E-state index < -0.39 is 36.2 Å². The zero-order chi connectivity index (χ0) is 27.9. The molecule has 0 spiro atoms. The third kappa shape index (κ3) is 9.27. The summed E-state index contributed by atoms with van der Waals surface area (Å²) in [7, 11) is 3.10. The molecule has 2 aromatic carbocycles. The van der Waals surface area contributed by atoms with Crippen LogP contribution in [0.2, 0.25) is 0 Å². The van der Waals surface area contributed by atoms with E-state index in [2.05, 4.69) is 0 Å². The zero-order valence-corrected chi connectivity index (χ0v) is 22.1. The van der Waals surface area contributed by atoms with Crippen LogP contribution in [0.1, 0.15) is 37.1 Å². The summed E-state index contributed by atoms with van der Waals surface area (Å²) >= 11 is 0. The van der Waals surface area contributed by atoms with Crippen molar-refractivity contribution in [3.05, 3.63) is 83.9 Å². The van der Waals surface area contributed by atoms with Gasteiger partial charge in [0, 0.05) is 26.2 Å². The van der Waals surface area contributed by atoms with Crippen LogP contribution in [0, 0.1) is 0 Å². The summed E-state index contributed by atoms with van der Waals surface area (Å²) in [5.74, 6) is -1.58. The predicted molar refractivity (Wildman–Crippen MR) is 139 cm³/mol. The molecule has 38 heavy (non-hydrogen) atoms. The van der Waals surface area contributed by atoms with Gasteiger partial charge in [0.05, 0.1) is 25.3 Å². The predicted octanol–water partition coefficient (Wildman–Crippen LogP) is 4.29. The number of hydrogen-bond acceptors (Lipinski definition) is 8. The van der Waals surface area contributed by atoms with Crippen molar-refractivity contribution < 1.29 is 38.1 Å². The molecule has 0 saturated carbocycles. The Hall–Kier alpha value is -4.34. The second-order valence-corrected chi connectivity index (χ2v) is 8.07. The van der Waals surface area contributed by atoms with Gasteiger partial charge >= 0.3 is 24.1 Å². The van der Waals surface area contributed by atoms with Gasteiger partial charge in [0.15, 0.2) is 0 Å². The van der Waals surface area contributed by atoms with E-state index in [1.165, 1.54) is 9.80 Å². The van der Waals surface area contributed by atoms with Crippen LogP contribution in [0.15, 0.2) is 72.8 Å². The number of carbonyl (C=O) groups is 4. The number of hydrogen-bond donors (Lipinski definition) is 0. The smallest absolute Gasteiger partial charge is 0.410 e. The molecule has 0 aromatic heterocycles. The van der Waals surface area contributed by atoms with Crippen molar-refractivity contribution >= 4 is 24.1 Å². The van der Waals surface area contributed by atoms with E-state index in [1.807, 2.05) is 12.1 Å². The maximum absolute atomic E-state index is 12.3. The minimum atomic E-state index is -0.789. The zero-order valence-electron chi connectivity index (χ0n) is 22.1. The van der Waals surface area contributed by atoms with E-state index in [1.54, 1.807) is 76.5 Å². The molecule has 0 aliphatic heterocycles. The topological polar surface area (TPSA) is 112 Å². The Morgan fingerprint density at radius 1 is 0.632 bits per heavy atom. The minimum absolute atomic E-state index is 0.155. The fraction of sp³-hybridized carbons (Fsp3) is 0.357. The van der Waals surface area contributed by atoms with Crippen LogP contribution in [0.5, 0.6) is 0 Å². The molecular weight excluding hydrogens is 492 g/mol. The van der Waals surface area contributed by atoms with Crippen LogP contribution in [0.3, 0.4) is 0 Å². The van der Waals surface area contributed by atoms with E-state index in [0.717, 1.165) is 23.3 Å². The third-order valence-electron chi connectivity index (χ3n) is 5.54. The fourth-order valence-electron chi connectivity index (χ4n) is 3.47. The van der Waals surface area contributed by atoms with Gasteiger partial charge in [0.25, 0.3) is 0 Å². The van der Waals surface area contributed by atoms with Crippen LogP contribution >= 0.6 is 0 Å². The molecule has 2 atom stereocenters. The normalized spacial score (nSPS) is 12.2. The second kappa shape index (κ2) is 15.7. The van der Waals surface area contributed by atoms with Crippen molar-refractivity contribution in [2.24, 2.45) is 0 Å². The average Bonchev–Trinajstić information content (AvgIpc) is 2.93. The minimum Gasteiger partial charge on any atom is -0.460 e. The van der Waals surface area contributed by atoms with E-state index >= 15 is 0 Å². The van der Waals surface area contributed by atoms with Gasteiger partial charge in [0.2, 0.25) is 0 Å². The van der Waals surface area contributed by atoms with Crippen LogP contribution in [-0.4, -0.2) is 74.4 Å². The number of carbonyl (C=O) groups excluding carboxylic acids is 4. The molecule has 2 aromatic rings. The van der Waals surface area contributed by atoms with E-state index in [-0.39, 0.29) is 26.4 Å². The van der Waals surface area contributed by atoms with E-state index in [9.17, 15) is 19.2 Å². The summed E-state index contributed by atoms with van der Waals surface area (Å²) in [5, 5.41) is 0. The van der Waals surface area contributed by atoms with E-state index in [0.29, 0.717) is 0 Å². The quantitative estimate of drug-likeness (QED) is 0.229. The molecule has 0 fully saturated rings. The van der Waals surface area contributed by atoms with Gasteiger partial charge in [-0.2, -0.15) is 0 Å². The highest BCUT2D eigenvalue weighted by atomic mass is 16.6. The Morgan fingerprint density at radius 2 is 0.974 bits per heavy atom. The largest absolute Gasteiger partial charge is 0.460 e. The molecule has 0 saturated heterocycles. The summed E-state index contributed by atoms with van der Waals surface area (Å²) in [6, 6.07) is 16.9. The lowest BCUT2D eigenvalue weighted by Crippen LogP contribution is -2.35. The first-order valence-corrected chi connectivity index (χ1v) is 12.2. The van der Waals surface area contributed by atoms with Gasteiger partial charge in [-0.05, 0) is 25.0 Å². The maximum Gasteiger partial charge on any atom is 0.410 e. The van der Waals surface area contributed by atoms with Crippen LogP contribution in [0.4, 0.5) is 9.59 Å². The Labute approximate surface area is 222 Å². The third-order valence-corrected chi connectivity index (χ3v) is 5.54. The van der Waals surface area contributed by atoms with Gasteiger partial charge in [-0.1, -0.05) is 60.7 Å². The highest BCUT2D eigenvalue weighted by Crippen LogP contribution is 2.22. The maximum atomic E-state index is 12.3. The lowest BCUT2D eigenvalue weighted by molar-refractivity contribution is -0.142. The van der Waals surface area contributed by atoms with Crippen molar-refractivity contribution in [2.75, 3.05) is 40.5 Å². The molecule has 10 nitrogen and oxygen atoms in total. The number of rotatable bonds is 12. The lowest BCUT2D eigenvalue weighted by atomic mass is 10.1. The molecule has 2 rings (SSSR count). The Bertz CT molecular complexity index is 989. The summed E-state index contributed by atoms with van der Waals surface area (Å²) in [6.07, 6.45) is 0.775. The Balaban J connectivity index is 1.99. The monoisotopic (exact) mass is 526 g/mol. The summed E-state index contributed by atoms with van der Waals surface area (Å²) in [6.45, 7) is 3.50. The standard InChI is InChI=1S/C28H34N2O8/c1-5-35-27(33)29(3)23(21-13-9-7-10-14-21)19-37-25(31)17-18-26(32)38-20-24(22-15-11-8-12-16-22)30(4)28(34)36-6-2/h7-18,23-24H,5-6,19-20H2,1-4H3/b18-17+/t23-,24-/m0/s1.